The smallest absolute Gasteiger partial charge is 0.337 e. The van der Waals surface area contributed by atoms with Crippen LogP contribution in [0.4, 0.5) is 5.69 Å². The number of carbonyl (C=O) groups is 2. The first kappa shape index (κ1) is 13.8. The third-order valence-corrected chi connectivity index (χ3v) is 3.70. The first-order valence-corrected chi connectivity index (χ1v) is 6.33. The number of hydrogen-bond acceptors (Lipinski definition) is 3. The fourth-order valence-electron chi connectivity index (χ4n) is 1.90. The zero-order valence-electron chi connectivity index (χ0n) is 10.4. The molecule has 1 aromatic carbocycles. The summed E-state index contributed by atoms with van der Waals surface area (Å²) in [7, 11) is 0. The van der Waals surface area contributed by atoms with Gasteiger partial charge in [0.05, 0.1) is 16.1 Å². The van der Waals surface area contributed by atoms with Crippen molar-refractivity contribution in [3.63, 3.8) is 0 Å². The number of rotatable bonds is 4. The Morgan fingerprint density at radius 2 is 2.11 bits per heavy atom. The molecule has 1 amide bonds. The first-order chi connectivity index (χ1) is 8.82. The normalized spacial score (nSPS) is 17.6. The van der Waals surface area contributed by atoms with Gasteiger partial charge in [-0.05, 0) is 43.9 Å². The number of carboxylic acids is 1. The second-order valence-electron chi connectivity index (χ2n) is 5.01. The molecule has 1 unspecified atom stereocenters. The lowest BCUT2D eigenvalue weighted by molar-refractivity contribution is -0.121. The Labute approximate surface area is 115 Å². The average molecular weight is 283 g/mol. The van der Waals surface area contributed by atoms with E-state index in [0.29, 0.717) is 5.69 Å². The monoisotopic (exact) mass is 282 g/mol. The molecule has 102 valence electrons. The zero-order chi connectivity index (χ0) is 14.2. The molecule has 0 bridgehead atoms. The molecule has 1 fully saturated rings. The molecule has 6 heteroatoms. The summed E-state index contributed by atoms with van der Waals surface area (Å²) in [6.07, 6.45) is 1.89. The van der Waals surface area contributed by atoms with Gasteiger partial charge < -0.3 is 16.2 Å². The Bertz CT molecular complexity index is 539. The molecule has 19 heavy (non-hydrogen) atoms. The minimum atomic E-state index is -1.14. The van der Waals surface area contributed by atoms with E-state index in [2.05, 4.69) is 5.32 Å². The quantitative estimate of drug-likeness (QED) is 0.788. The van der Waals surface area contributed by atoms with Crippen LogP contribution in [0.3, 0.4) is 0 Å². The minimum Gasteiger partial charge on any atom is -0.478 e. The molecule has 0 aliphatic heterocycles. The molecule has 5 nitrogen and oxygen atoms in total. The van der Waals surface area contributed by atoms with E-state index in [1.54, 1.807) is 13.0 Å². The van der Waals surface area contributed by atoms with Crippen LogP contribution in [0.5, 0.6) is 0 Å². The summed E-state index contributed by atoms with van der Waals surface area (Å²) in [5.74, 6) is -1.26. The van der Waals surface area contributed by atoms with Gasteiger partial charge in [0.2, 0.25) is 5.91 Å². The van der Waals surface area contributed by atoms with Gasteiger partial charge in [-0.1, -0.05) is 11.6 Å². The molecule has 4 N–H and O–H groups in total. The fraction of sp³-hybridized carbons (Fsp3) is 0.385. The van der Waals surface area contributed by atoms with Gasteiger partial charge in [-0.2, -0.15) is 0 Å². The van der Waals surface area contributed by atoms with E-state index in [0.717, 1.165) is 12.8 Å². The van der Waals surface area contributed by atoms with Gasteiger partial charge in [0.1, 0.15) is 0 Å². The van der Waals surface area contributed by atoms with Crippen molar-refractivity contribution in [2.75, 3.05) is 5.32 Å². The van der Waals surface area contributed by atoms with Crippen molar-refractivity contribution in [1.82, 2.24) is 0 Å². The number of benzene rings is 1. The van der Waals surface area contributed by atoms with E-state index >= 15 is 0 Å². The Morgan fingerprint density at radius 1 is 1.47 bits per heavy atom. The third-order valence-electron chi connectivity index (χ3n) is 3.37. The predicted octanol–water partition coefficient (Wildman–Crippen LogP) is 2.10. The molecule has 1 aliphatic rings. The highest BCUT2D eigenvalue weighted by Gasteiger charge is 2.44. The maximum atomic E-state index is 12.1. The van der Waals surface area contributed by atoms with E-state index in [1.807, 2.05) is 0 Å². The van der Waals surface area contributed by atoms with Crippen molar-refractivity contribution in [1.29, 1.82) is 0 Å². The van der Waals surface area contributed by atoms with Gasteiger partial charge in [0.25, 0.3) is 0 Å². The summed E-state index contributed by atoms with van der Waals surface area (Å²) in [4.78, 5) is 23.0. The number of aromatic carboxylic acids is 1. The summed E-state index contributed by atoms with van der Waals surface area (Å²) in [6.45, 7) is 1.69. The molecular formula is C13H15ClN2O3. The van der Waals surface area contributed by atoms with Crippen molar-refractivity contribution in [2.24, 2.45) is 11.7 Å². The molecule has 0 saturated heterocycles. The van der Waals surface area contributed by atoms with Crippen LogP contribution in [0.15, 0.2) is 18.2 Å². The number of anilines is 1. The molecule has 1 saturated carbocycles. The highest BCUT2D eigenvalue weighted by Crippen LogP contribution is 2.38. The standard InChI is InChI=1S/C13H15ClN2O3/c1-13(15,7-2-3-7)12(19)16-8-4-5-10(14)9(6-8)11(17)18/h4-7H,2-3,15H2,1H3,(H,16,19)(H,17,18). The Morgan fingerprint density at radius 3 is 2.63 bits per heavy atom. The lowest BCUT2D eigenvalue weighted by Crippen LogP contribution is -2.50. The number of halogens is 1. The lowest BCUT2D eigenvalue weighted by Gasteiger charge is -2.23. The highest BCUT2D eigenvalue weighted by atomic mass is 35.5. The molecule has 0 heterocycles. The topological polar surface area (TPSA) is 92.4 Å². The summed E-state index contributed by atoms with van der Waals surface area (Å²) in [5.41, 5.74) is 5.39. The van der Waals surface area contributed by atoms with Gasteiger partial charge in [-0.3, -0.25) is 4.79 Å². The van der Waals surface area contributed by atoms with E-state index in [4.69, 9.17) is 22.4 Å². The summed E-state index contributed by atoms with van der Waals surface area (Å²) < 4.78 is 0. The van der Waals surface area contributed by atoms with Crippen molar-refractivity contribution in [2.45, 2.75) is 25.3 Å². The van der Waals surface area contributed by atoms with Gasteiger partial charge in [0.15, 0.2) is 0 Å². The van der Waals surface area contributed by atoms with Gasteiger partial charge in [-0.25, -0.2) is 4.79 Å². The molecule has 1 aromatic rings. The summed E-state index contributed by atoms with van der Waals surface area (Å²) >= 11 is 5.76. The Balaban J connectivity index is 2.17. The molecule has 0 aromatic heterocycles. The molecule has 1 atom stereocenters. The maximum Gasteiger partial charge on any atom is 0.337 e. The van der Waals surface area contributed by atoms with Gasteiger partial charge >= 0.3 is 5.97 Å². The van der Waals surface area contributed by atoms with Crippen molar-refractivity contribution < 1.29 is 14.7 Å². The van der Waals surface area contributed by atoms with Crippen LogP contribution in [-0.4, -0.2) is 22.5 Å². The second-order valence-corrected chi connectivity index (χ2v) is 5.42. The third kappa shape index (κ3) is 2.88. The van der Waals surface area contributed by atoms with Crippen LogP contribution >= 0.6 is 11.6 Å². The van der Waals surface area contributed by atoms with E-state index in [-0.39, 0.29) is 22.4 Å². The first-order valence-electron chi connectivity index (χ1n) is 5.95. The maximum absolute atomic E-state index is 12.1. The van der Waals surface area contributed by atoms with Crippen LogP contribution in [0.1, 0.15) is 30.1 Å². The van der Waals surface area contributed by atoms with Crippen molar-refractivity contribution in [3.8, 4) is 0 Å². The number of amides is 1. The Hall–Kier alpha value is -1.59. The van der Waals surface area contributed by atoms with Gasteiger partial charge in [-0.15, -0.1) is 0 Å². The van der Waals surface area contributed by atoms with Crippen molar-refractivity contribution >= 4 is 29.2 Å². The molecule has 0 radical (unpaired) electrons. The number of nitrogens with two attached hydrogens (primary N) is 1. The average Bonchev–Trinajstić information content (AvgIpc) is 3.15. The minimum absolute atomic E-state index is 0.0513. The summed E-state index contributed by atoms with van der Waals surface area (Å²) in [5, 5.41) is 11.7. The molecule has 1 aliphatic carbocycles. The molecule has 0 spiro atoms. The molecule has 2 rings (SSSR count). The van der Waals surface area contributed by atoms with Crippen LogP contribution in [0.25, 0.3) is 0 Å². The zero-order valence-corrected chi connectivity index (χ0v) is 11.2. The fourth-order valence-corrected chi connectivity index (χ4v) is 2.10. The largest absolute Gasteiger partial charge is 0.478 e. The van der Waals surface area contributed by atoms with E-state index in [1.165, 1.54) is 12.1 Å². The van der Waals surface area contributed by atoms with E-state index in [9.17, 15) is 9.59 Å². The van der Waals surface area contributed by atoms with Crippen LogP contribution in [0, 0.1) is 5.92 Å². The molecular weight excluding hydrogens is 268 g/mol. The van der Waals surface area contributed by atoms with E-state index < -0.39 is 11.5 Å². The number of hydrogen-bond donors (Lipinski definition) is 3. The van der Waals surface area contributed by atoms with Crippen LogP contribution in [0.2, 0.25) is 5.02 Å². The second kappa shape index (κ2) is 4.83. The van der Waals surface area contributed by atoms with Crippen LogP contribution < -0.4 is 11.1 Å². The Kier molecular flexibility index (Phi) is 3.52. The highest BCUT2D eigenvalue weighted by molar-refractivity contribution is 6.33. The lowest BCUT2D eigenvalue weighted by atomic mass is 9.96. The summed E-state index contributed by atoms with van der Waals surface area (Å²) in [6, 6.07) is 4.31. The van der Waals surface area contributed by atoms with Crippen LogP contribution in [-0.2, 0) is 4.79 Å². The number of nitrogens with one attached hydrogen (secondary N) is 1. The van der Waals surface area contributed by atoms with Gasteiger partial charge in [0, 0.05) is 5.69 Å². The number of carboxylic acid groups (broad SMARTS) is 1. The van der Waals surface area contributed by atoms with Crippen molar-refractivity contribution in [3.05, 3.63) is 28.8 Å². The SMILES string of the molecule is CC(N)(C(=O)Nc1ccc(Cl)c(C(=O)O)c1)C1CC1. The predicted molar refractivity (Wildman–Crippen MR) is 72.4 cm³/mol. The number of carbonyl (C=O) groups excluding carboxylic acids is 1.